The SMILES string of the molecule is C#CC(=O)N[C@H](C(=O)C/C=C\C[C@H](C/C=C(\C)Cl)O[Si](C)(C)C(C)(C)C)C(C)C. The molecule has 29 heavy (non-hydrogen) atoms. The zero-order chi connectivity index (χ0) is 22.8. The van der Waals surface area contributed by atoms with Crippen molar-refractivity contribution in [3.63, 3.8) is 0 Å². The Labute approximate surface area is 183 Å². The van der Waals surface area contributed by atoms with Crippen molar-refractivity contribution in [3.8, 4) is 12.3 Å². The van der Waals surface area contributed by atoms with Gasteiger partial charge in [0.25, 0.3) is 5.91 Å². The maximum atomic E-state index is 12.5. The summed E-state index contributed by atoms with van der Waals surface area (Å²) in [5.74, 6) is 1.35. The van der Waals surface area contributed by atoms with Gasteiger partial charge in [0, 0.05) is 11.5 Å². The van der Waals surface area contributed by atoms with Gasteiger partial charge in [0.2, 0.25) is 0 Å². The molecule has 0 aliphatic rings. The molecular formula is C23H38ClNO3Si. The fourth-order valence-electron chi connectivity index (χ4n) is 2.46. The third-order valence-corrected chi connectivity index (χ3v) is 9.93. The third kappa shape index (κ3) is 10.8. The summed E-state index contributed by atoms with van der Waals surface area (Å²) < 4.78 is 6.53. The number of nitrogens with one attached hydrogen (secondary N) is 1. The monoisotopic (exact) mass is 439 g/mol. The van der Waals surface area contributed by atoms with Crippen LogP contribution in [-0.4, -0.2) is 32.2 Å². The van der Waals surface area contributed by atoms with E-state index in [2.05, 4.69) is 39.2 Å². The van der Waals surface area contributed by atoms with Crippen LogP contribution in [0.15, 0.2) is 23.3 Å². The Kier molecular flexibility index (Phi) is 11.8. The summed E-state index contributed by atoms with van der Waals surface area (Å²) >= 11 is 6.01. The largest absolute Gasteiger partial charge is 0.413 e. The lowest BCUT2D eigenvalue weighted by atomic mass is 9.97. The first-order chi connectivity index (χ1) is 13.2. The van der Waals surface area contributed by atoms with Crippen molar-refractivity contribution in [3.05, 3.63) is 23.3 Å². The normalized spacial score (nSPS) is 15.3. The highest BCUT2D eigenvalue weighted by molar-refractivity contribution is 6.74. The van der Waals surface area contributed by atoms with Crippen LogP contribution in [-0.2, 0) is 14.0 Å². The van der Waals surface area contributed by atoms with E-state index >= 15 is 0 Å². The molecule has 0 radical (unpaired) electrons. The van der Waals surface area contributed by atoms with Gasteiger partial charge in [-0.15, -0.1) is 6.42 Å². The van der Waals surface area contributed by atoms with Crippen molar-refractivity contribution < 1.29 is 14.0 Å². The van der Waals surface area contributed by atoms with Gasteiger partial charge in [-0.25, -0.2) is 0 Å². The standard InChI is InChI=1S/C23H38ClNO3Si/c1-10-21(27)25-22(17(2)3)20(26)14-12-11-13-19(16-15-18(4)24)28-29(8,9)23(5,6)7/h1,11-12,15,17,19,22H,13-14,16H2,2-9H3,(H,25,27)/b12-11-,18-15+/t19-,22+/m1/s1. The van der Waals surface area contributed by atoms with Crippen LogP contribution >= 0.6 is 11.6 Å². The smallest absolute Gasteiger partial charge is 0.296 e. The maximum Gasteiger partial charge on any atom is 0.296 e. The van der Waals surface area contributed by atoms with Crippen LogP contribution in [0.25, 0.3) is 0 Å². The number of hydrogen-bond donors (Lipinski definition) is 1. The Bertz CT molecular complexity index is 650. The van der Waals surface area contributed by atoms with Crippen molar-refractivity contribution in [1.29, 1.82) is 0 Å². The number of ketones is 1. The first kappa shape index (κ1) is 27.6. The third-order valence-electron chi connectivity index (χ3n) is 5.25. The number of amides is 1. The van der Waals surface area contributed by atoms with E-state index in [0.29, 0.717) is 6.42 Å². The highest BCUT2D eigenvalue weighted by Gasteiger charge is 2.38. The number of carbonyl (C=O) groups is 2. The highest BCUT2D eigenvalue weighted by atomic mass is 35.5. The van der Waals surface area contributed by atoms with Crippen LogP contribution in [0.4, 0.5) is 0 Å². The Morgan fingerprint density at radius 2 is 1.79 bits per heavy atom. The summed E-state index contributed by atoms with van der Waals surface area (Å²) in [6, 6.07) is -0.579. The minimum absolute atomic E-state index is 0.0120. The molecule has 0 aliphatic heterocycles. The molecule has 0 saturated heterocycles. The Balaban J connectivity index is 5.04. The molecule has 0 saturated carbocycles. The zero-order valence-corrected chi connectivity index (χ0v) is 21.0. The summed E-state index contributed by atoms with van der Waals surface area (Å²) in [6.45, 7) is 16.7. The van der Waals surface area contributed by atoms with Crippen molar-refractivity contribution >= 4 is 31.6 Å². The number of terminal acetylenes is 1. The fraction of sp³-hybridized carbons (Fsp3) is 0.652. The molecule has 164 valence electrons. The van der Waals surface area contributed by atoms with Gasteiger partial charge in [-0.2, -0.15) is 0 Å². The minimum atomic E-state index is -1.92. The number of halogens is 1. The molecule has 0 aliphatic carbocycles. The van der Waals surface area contributed by atoms with Crippen LogP contribution in [0.2, 0.25) is 18.1 Å². The van der Waals surface area contributed by atoms with E-state index in [4.69, 9.17) is 22.5 Å². The van der Waals surface area contributed by atoms with E-state index in [1.165, 1.54) is 0 Å². The second-order valence-electron chi connectivity index (χ2n) is 9.24. The maximum absolute atomic E-state index is 12.5. The summed E-state index contributed by atoms with van der Waals surface area (Å²) in [7, 11) is -1.92. The van der Waals surface area contributed by atoms with Gasteiger partial charge in [0.05, 0.1) is 12.1 Å². The number of hydrogen-bond acceptors (Lipinski definition) is 3. The molecule has 0 spiro atoms. The first-order valence-corrected chi connectivity index (χ1v) is 13.4. The van der Waals surface area contributed by atoms with E-state index in [-0.39, 0.29) is 29.3 Å². The summed E-state index contributed by atoms with van der Waals surface area (Å²) in [6.07, 6.45) is 12.6. The Morgan fingerprint density at radius 3 is 2.24 bits per heavy atom. The molecule has 0 aromatic carbocycles. The van der Waals surface area contributed by atoms with E-state index in [1.807, 2.05) is 44.9 Å². The van der Waals surface area contributed by atoms with E-state index in [0.717, 1.165) is 11.5 Å². The van der Waals surface area contributed by atoms with Crippen molar-refractivity contribution in [2.45, 2.75) is 91.1 Å². The summed E-state index contributed by atoms with van der Waals surface area (Å²) in [5, 5.41) is 3.46. The van der Waals surface area contributed by atoms with Crippen molar-refractivity contribution in [1.82, 2.24) is 5.32 Å². The van der Waals surface area contributed by atoms with Crippen LogP contribution in [0, 0.1) is 18.3 Å². The van der Waals surface area contributed by atoms with Gasteiger partial charge in [0.15, 0.2) is 14.1 Å². The topological polar surface area (TPSA) is 55.4 Å². The summed E-state index contributed by atoms with van der Waals surface area (Å²) in [5.41, 5.74) is 0. The van der Waals surface area contributed by atoms with Gasteiger partial charge < -0.3 is 9.74 Å². The molecule has 0 heterocycles. The van der Waals surface area contributed by atoms with Crippen molar-refractivity contribution in [2.75, 3.05) is 0 Å². The lowest BCUT2D eigenvalue weighted by molar-refractivity contribution is -0.125. The molecule has 0 fully saturated rings. The molecule has 0 aromatic rings. The molecule has 6 heteroatoms. The molecular weight excluding hydrogens is 402 g/mol. The number of rotatable bonds is 11. The van der Waals surface area contributed by atoms with Crippen LogP contribution < -0.4 is 5.32 Å². The van der Waals surface area contributed by atoms with Crippen LogP contribution in [0.3, 0.4) is 0 Å². The summed E-state index contributed by atoms with van der Waals surface area (Å²) in [4.78, 5) is 23.9. The predicted octanol–water partition coefficient (Wildman–Crippen LogP) is 5.59. The van der Waals surface area contributed by atoms with Gasteiger partial charge >= 0.3 is 0 Å². The van der Waals surface area contributed by atoms with E-state index < -0.39 is 20.3 Å². The van der Waals surface area contributed by atoms with Gasteiger partial charge in [-0.3, -0.25) is 9.59 Å². The lowest BCUT2D eigenvalue weighted by Gasteiger charge is -2.39. The Morgan fingerprint density at radius 1 is 1.21 bits per heavy atom. The quantitative estimate of drug-likeness (QED) is 0.259. The van der Waals surface area contributed by atoms with Crippen LogP contribution in [0.1, 0.15) is 60.8 Å². The van der Waals surface area contributed by atoms with Crippen LogP contribution in [0.5, 0.6) is 0 Å². The fourth-order valence-corrected chi connectivity index (χ4v) is 3.92. The van der Waals surface area contributed by atoms with Gasteiger partial charge in [-0.05, 0) is 49.7 Å². The number of Topliss-reactive ketones (excluding diaryl/α,β-unsaturated/α-hetero) is 1. The zero-order valence-electron chi connectivity index (χ0n) is 19.3. The average Bonchev–Trinajstić information content (AvgIpc) is 2.58. The molecule has 4 nitrogen and oxygen atoms in total. The van der Waals surface area contributed by atoms with E-state index in [1.54, 1.807) is 0 Å². The highest BCUT2D eigenvalue weighted by Crippen LogP contribution is 2.38. The Hall–Kier alpha value is -1.35. The first-order valence-electron chi connectivity index (χ1n) is 10.2. The molecule has 1 amide bonds. The molecule has 0 rings (SSSR count). The molecule has 0 aromatic heterocycles. The molecule has 1 N–H and O–H groups in total. The lowest BCUT2D eigenvalue weighted by Crippen LogP contribution is -2.44. The van der Waals surface area contributed by atoms with E-state index in [9.17, 15) is 9.59 Å². The molecule has 0 unspecified atom stereocenters. The average molecular weight is 440 g/mol. The molecule has 0 bridgehead atoms. The second-order valence-corrected chi connectivity index (χ2v) is 14.6. The van der Waals surface area contributed by atoms with Crippen molar-refractivity contribution in [2.24, 2.45) is 5.92 Å². The molecule has 2 atom stereocenters. The van der Waals surface area contributed by atoms with Gasteiger partial charge in [0.1, 0.15) is 0 Å². The number of allylic oxidation sites excluding steroid dienone is 2. The minimum Gasteiger partial charge on any atom is -0.413 e. The predicted molar refractivity (Wildman–Crippen MR) is 125 cm³/mol. The van der Waals surface area contributed by atoms with Gasteiger partial charge in [-0.1, -0.05) is 64.4 Å². The number of carbonyl (C=O) groups excluding carboxylic acids is 2. The second kappa shape index (κ2) is 12.4.